The molecule has 0 saturated carbocycles. The van der Waals surface area contributed by atoms with Crippen LogP contribution in [0.25, 0.3) is 0 Å². The number of hydrogen-bond acceptors (Lipinski definition) is 4. The Labute approximate surface area is 114 Å². The van der Waals surface area contributed by atoms with Crippen molar-refractivity contribution in [1.82, 2.24) is 9.88 Å². The van der Waals surface area contributed by atoms with Crippen LogP contribution in [0, 0.1) is 13.8 Å². The van der Waals surface area contributed by atoms with Gasteiger partial charge >= 0.3 is 0 Å². The molecule has 0 fully saturated rings. The maximum absolute atomic E-state index is 12.2. The Bertz CT molecular complexity index is 395. The highest BCUT2D eigenvalue weighted by Gasteiger charge is 2.19. The number of carbonyl (C=O) groups is 1. The summed E-state index contributed by atoms with van der Waals surface area (Å²) < 4.78 is 5.02. The molecule has 0 N–H and O–H groups in total. The fraction of sp³-hybridized carbons (Fsp3) is 0.636. The fourth-order valence-corrected chi connectivity index (χ4v) is 3.13. The Morgan fingerprint density at radius 1 is 1.59 bits per heavy atom. The predicted octanol–water partition coefficient (Wildman–Crippen LogP) is 2.24. The summed E-state index contributed by atoms with van der Waals surface area (Å²) in [6, 6.07) is 0. The summed E-state index contributed by atoms with van der Waals surface area (Å²) in [5.41, 5.74) is 0.808. The number of aromatic nitrogens is 1. The van der Waals surface area contributed by atoms with Crippen LogP contribution in [0.4, 0.5) is 0 Å². The highest BCUT2D eigenvalue weighted by atomic mass is 79.9. The number of hydrogen-bond donors (Lipinski definition) is 0. The summed E-state index contributed by atoms with van der Waals surface area (Å²) in [6.45, 7) is 4.97. The van der Waals surface area contributed by atoms with Crippen LogP contribution < -0.4 is 0 Å². The molecule has 1 heterocycles. The van der Waals surface area contributed by atoms with Gasteiger partial charge in [0.2, 0.25) is 0 Å². The molecule has 4 nitrogen and oxygen atoms in total. The van der Waals surface area contributed by atoms with E-state index >= 15 is 0 Å². The molecule has 0 spiro atoms. The number of halogens is 1. The maximum Gasteiger partial charge on any atom is 0.265 e. The summed E-state index contributed by atoms with van der Waals surface area (Å²) in [6.07, 6.45) is 0. The molecule has 0 saturated heterocycles. The van der Waals surface area contributed by atoms with E-state index in [2.05, 4.69) is 20.9 Å². The van der Waals surface area contributed by atoms with Crippen LogP contribution in [-0.2, 0) is 4.74 Å². The molecule has 0 aliphatic rings. The minimum atomic E-state index is 0.0219. The average molecular weight is 321 g/mol. The van der Waals surface area contributed by atoms with Gasteiger partial charge in [-0.05, 0) is 13.8 Å². The Morgan fingerprint density at radius 2 is 2.24 bits per heavy atom. The third-order valence-electron chi connectivity index (χ3n) is 2.26. The van der Waals surface area contributed by atoms with Gasteiger partial charge in [0.15, 0.2) is 0 Å². The van der Waals surface area contributed by atoms with Crippen LogP contribution >= 0.6 is 27.3 Å². The zero-order valence-electron chi connectivity index (χ0n) is 10.5. The number of thiazole rings is 1. The van der Waals surface area contributed by atoms with Crippen molar-refractivity contribution in [3.63, 3.8) is 0 Å². The van der Waals surface area contributed by atoms with Crippen molar-refractivity contribution in [2.75, 3.05) is 27.3 Å². The summed E-state index contributed by atoms with van der Waals surface area (Å²) in [5, 5.41) is 0.923. The molecule has 1 amide bonds. The maximum atomic E-state index is 12.2. The van der Waals surface area contributed by atoms with E-state index in [0.29, 0.717) is 13.2 Å². The molecule has 1 unspecified atom stereocenters. The van der Waals surface area contributed by atoms with Gasteiger partial charge in [-0.25, -0.2) is 4.98 Å². The zero-order chi connectivity index (χ0) is 13.0. The van der Waals surface area contributed by atoms with Crippen molar-refractivity contribution < 1.29 is 9.53 Å². The van der Waals surface area contributed by atoms with Crippen LogP contribution in [0.2, 0.25) is 0 Å². The number of carbonyl (C=O) groups excluding carboxylic acids is 1. The predicted molar refractivity (Wildman–Crippen MR) is 73.1 cm³/mol. The molecule has 0 aromatic carbocycles. The molecule has 96 valence electrons. The Hall–Kier alpha value is -0.460. The number of amides is 1. The molecule has 0 aliphatic carbocycles. The Balaban J connectivity index is 2.66. The number of aryl methyl sites for hydroxylation is 2. The Morgan fingerprint density at radius 3 is 2.71 bits per heavy atom. The van der Waals surface area contributed by atoms with Crippen molar-refractivity contribution in [3.05, 3.63) is 15.6 Å². The molecule has 6 heteroatoms. The van der Waals surface area contributed by atoms with Gasteiger partial charge in [-0.2, -0.15) is 0 Å². The lowest BCUT2D eigenvalue weighted by atomic mass is 10.3. The van der Waals surface area contributed by atoms with Gasteiger partial charge in [-0.15, -0.1) is 11.3 Å². The molecule has 1 rings (SSSR count). The lowest BCUT2D eigenvalue weighted by Gasteiger charge is -2.19. The molecule has 1 aromatic rings. The lowest BCUT2D eigenvalue weighted by Crippen LogP contribution is -2.33. The monoisotopic (exact) mass is 320 g/mol. The summed E-state index contributed by atoms with van der Waals surface area (Å²) >= 11 is 4.91. The van der Waals surface area contributed by atoms with Crippen LogP contribution in [0.3, 0.4) is 0 Å². The largest absolute Gasteiger partial charge is 0.383 e. The second kappa shape index (κ2) is 6.47. The van der Waals surface area contributed by atoms with Gasteiger partial charge < -0.3 is 9.64 Å². The zero-order valence-corrected chi connectivity index (χ0v) is 12.9. The fourth-order valence-electron chi connectivity index (χ4n) is 1.52. The number of methoxy groups -OCH3 is 1. The first-order chi connectivity index (χ1) is 7.95. The van der Waals surface area contributed by atoms with Crippen molar-refractivity contribution in [2.24, 2.45) is 0 Å². The van der Waals surface area contributed by atoms with Gasteiger partial charge in [0, 0.05) is 20.7 Å². The normalized spacial score (nSPS) is 12.5. The SMILES string of the molecule is COCC(Br)CN(C)C(=O)c1sc(C)nc1C. The van der Waals surface area contributed by atoms with E-state index in [9.17, 15) is 4.79 Å². The molecular formula is C11H17BrN2O2S. The van der Waals surface area contributed by atoms with Gasteiger partial charge in [0.25, 0.3) is 5.91 Å². The van der Waals surface area contributed by atoms with Crippen molar-refractivity contribution >= 4 is 33.2 Å². The molecular weight excluding hydrogens is 304 g/mol. The summed E-state index contributed by atoms with van der Waals surface area (Å²) in [4.78, 5) is 19.0. The summed E-state index contributed by atoms with van der Waals surface area (Å²) in [5.74, 6) is 0.0219. The molecule has 0 radical (unpaired) electrons. The molecule has 0 aliphatic heterocycles. The molecule has 0 bridgehead atoms. The van der Waals surface area contributed by atoms with Crippen LogP contribution in [0.15, 0.2) is 0 Å². The number of ether oxygens (including phenoxy) is 1. The number of rotatable bonds is 5. The summed E-state index contributed by atoms with van der Waals surface area (Å²) in [7, 11) is 3.44. The standard InChI is InChI=1S/C11H17BrN2O2S/c1-7-10(17-8(2)13-7)11(15)14(3)5-9(12)6-16-4/h9H,5-6H2,1-4H3. The first-order valence-electron chi connectivity index (χ1n) is 5.28. The van der Waals surface area contributed by atoms with Crippen molar-refractivity contribution in [1.29, 1.82) is 0 Å². The minimum Gasteiger partial charge on any atom is -0.383 e. The quantitative estimate of drug-likeness (QED) is 0.781. The molecule has 1 atom stereocenters. The lowest BCUT2D eigenvalue weighted by molar-refractivity contribution is 0.0788. The highest BCUT2D eigenvalue weighted by molar-refractivity contribution is 9.09. The van der Waals surface area contributed by atoms with E-state index < -0.39 is 0 Å². The third kappa shape index (κ3) is 4.04. The van der Waals surface area contributed by atoms with E-state index in [1.54, 1.807) is 19.1 Å². The van der Waals surface area contributed by atoms with Gasteiger partial charge in [0.05, 0.1) is 22.1 Å². The van der Waals surface area contributed by atoms with E-state index in [1.807, 2.05) is 13.8 Å². The third-order valence-corrected chi connectivity index (χ3v) is 3.88. The number of alkyl halides is 1. The first kappa shape index (κ1) is 14.6. The Kier molecular flexibility index (Phi) is 5.55. The van der Waals surface area contributed by atoms with Gasteiger partial charge in [0.1, 0.15) is 4.88 Å². The van der Waals surface area contributed by atoms with Crippen molar-refractivity contribution in [3.8, 4) is 0 Å². The van der Waals surface area contributed by atoms with E-state index in [0.717, 1.165) is 15.6 Å². The van der Waals surface area contributed by atoms with Gasteiger partial charge in [-0.1, -0.05) is 15.9 Å². The van der Waals surface area contributed by atoms with E-state index in [-0.39, 0.29) is 10.7 Å². The average Bonchev–Trinajstić information content (AvgIpc) is 2.56. The first-order valence-corrected chi connectivity index (χ1v) is 7.01. The van der Waals surface area contributed by atoms with Crippen molar-refractivity contribution in [2.45, 2.75) is 18.7 Å². The molecule has 1 aromatic heterocycles. The van der Waals surface area contributed by atoms with Gasteiger partial charge in [-0.3, -0.25) is 4.79 Å². The second-order valence-corrected chi connectivity index (χ2v) is 6.38. The second-order valence-electron chi connectivity index (χ2n) is 3.89. The van der Waals surface area contributed by atoms with E-state index in [4.69, 9.17) is 4.74 Å². The smallest absolute Gasteiger partial charge is 0.265 e. The molecule has 17 heavy (non-hydrogen) atoms. The minimum absolute atomic E-state index is 0.0219. The number of nitrogens with zero attached hydrogens (tertiary/aromatic N) is 2. The van der Waals surface area contributed by atoms with Crippen LogP contribution in [0.1, 0.15) is 20.4 Å². The van der Waals surface area contributed by atoms with E-state index in [1.165, 1.54) is 11.3 Å². The highest BCUT2D eigenvalue weighted by Crippen LogP contribution is 2.19. The van der Waals surface area contributed by atoms with Crippen LogP contribution in [0.5, 0.6) is 0 Å². The topological polar surface area (TPSA) is 42.4 Å². The van der Waals surface area contributed by atoms with Crippen LogP contribution in [-0.4, -0.2) is 47.9 Å².